The zero-order chi connectivity index (χ0) is 16.3. The van der Waals surface area contributed by atoms with E-state index in [1.807, 2.05) is 55.5 Å². The maximum Gasteiger partial charge on any atom is 0.191 e. The van der Waals surface area contributed by atoms with E-state index in [0.717, 1.165) is 36.1 Å². The van der Waals surface area contributed by atoms with Crippen molar-refractivity contribution < 1.29 is 4.74 Å². The highest BCUT2D eigenvalue weighted by Crippen LogP contribution is 2.07. The molecule has 0 amide bonds. The summed E-state index contributed by atoms with van der Waals surface area (Å²) in [4.78, 5) is 8.66. The molecule has 2 N–H and O–H groups in total. The highest BCUT2D eigenvalue weighted by molar-refractivity contribution is 14.0. The molecule has 1 aromatic carbocycles. The number of halogens is 1. The first-order valence-electron chi connectivity index (χ1n) is 7.83. The minimum Gasteiger partial charge on any atom is -0.494 e. The van der Waals surface area contributed by atoms with Crippen molar-refractivity contribution in [2.45, 2.75) is 19.9 Å². The zero-order valence-electron chi connectivity index (χ0n) is 14.2. The highest BCUT2D eigenvalue weighted by Gasteiger charge is 1.99. The third-order valence-electron chi connectivity index (χ3n) is 3.23. The Morgan fingerprint density at radius 2 is 1.88 bits per heavy atom. The molecule has 0 spiro atoms. The molecule has 0 atom stereocenters. The summed E-state index contributed by atoms with van der Waals surface area (Å²) in [6.07, 6.45) is 0.901. The molecule has 0 unspecified atom stereocenters. The van der Waals surface area contributed by atoms with Gasteiger partial charge >= 0.3 is 0 Å². The lowest BCUT2D eigenvalue weighted by Gasteiger charge is -2.12. The molecule has 24 heavy (non-hydrogen) atoms. The Labute approximate surface area is 161 Å². The molecule has 0 aliphatic heterocycles. The quantitative estimate of drug-likeness (QED) is 0.301. The summed E-state index contributed by atoms with van der Waals surface area (Å²) in [7, 11) is 1.76. The normalized spacial score (nSPS) is 10.7. The molecule has 2 rings (SSSR count). The van der Waals surface area contributed by atoms with Crippen LogP contribution in [0.3, 0.4) is 0 Å². The standard InChI is InChI=1S/C18H24N4O.HI/c1-15-8-6-9-16(22-15)14-21-18(19-2)20-12-7-13-23-17-10-4-3-5-11-17;/h3-6,8-11H,7,12-14H2,1-2H3,(H2,19,20,21);1H. The monoisotopic (exact) mass is 440 g/mol. The SMILES string of the molecule is CN=C(NCCCOc1ccccc1)NCc1cccc(C)n1.I. The zero-order valence-corrected chi connectivity index (χ0v) is 16.5. The number of rotatable bonds is 7. The number of hydrogen-bond donors (Lipinski definition) is 2. The molecular formula is C18H25IN4O. The van der Waals surface area contributed by atoms with Crippen molar-refractivity contribution in [3.63, 3.8) is 0 Å². The Balaban J connectivity index is 0.00000288. The number of para-hydroxylation sites is 1. The molecule has 0 saturated carbocycles. The lowest BCUT2D eigenvalue weighted by molar-refractivity contribution is 0.311. The van der Waals surface area contributed by atoms with Crippen LogP contribution in [-0.2, 0) is 6.54 Å². The number of nitrogens with one attached hydrogen (secondary N) is 2. The Morgan fingerprint density at radius 1 is 1.08 bits per heavy atom. The average molecular weight is 440 g/mol. The largest absolute Gasteiger partial charge is 0.494 e. The predicted molar refractivity (Wildman–Crippen MR) is 109 cm³/mol. The first-order valence-corrected chi connectivity index (χ1v) is 7.83. The van der Waals surface area contributed by atoms with Crippen molar-refractivity contribution in [3.8, 4) is 5.75 Å². The van der Waals surface area contributed by atoms with Crippen LogP contribution in [-0.4, -0.2) is 31.1 Å². The summed E-state index contributed by atoms with van der Waals surface area (Å²) < 4.78 is 5.65. The number of guanidine groups is 1. The molecule has 0 radical (unpaired) electrons. The third kappa shape index (κ3) is 7.63. The van der Waals surface area contributed by atoms with Gasteiger partial charge in [0.1, 0.15) is 5.75 Å². The molecule has 1 aromatic heterocycles. The van der Waals surface area contributed by atoms with Crippen molar-refractivity contribution in [1.82, 2.24) is 15.6 Å². The van der Waals surface area contributed by atoms with Crippen LogP contribution >= 0.6 is 24.0 Å². The van der Waals surface area contributed by atoms with Crippen molar-refractivity contribution in [3.05, 3.63) is 59.9 Å². The molecule has 0 aliphatic rings. The number of hydrogen-bond acceptors (Lipinski definition) is 3. The van der Waals surface area contributed by atoms with Gasteiger partial charge in [0.05, 0.1) is 18.8 Å². The van der Waals surface area contributed by atoms with Crippen LogP contribution in [0.4, 0.5) is 0 Å². The fourth-order valence-corrected chi connectivity index (χ4v) is 2.08. The van der Waals surface area contributed by atoms with Gasteiger partial charge in [-0.15, -0.1) is 24.0 Å². The predicted octanol–water partition coefficient (Wildman–Crippen LogP) is 3.14. The molecular weight excluding hydrogens is 415 g/mol. The number of pyridine rings is 1. The minimum absolute atomic E-state index is 0. The second kappa shape index (κ2) is 11.7. The molecule has 0 aliphatic carbocycles. The molecule has 1 heterocycles. The van der Waals surface area contributed by atoms with Crippen LogP contribution in [0.1, 0.15) is 17.8 Å². The van der Waals surface area contributed by atoms with Crippen molar-refractivity contribution in [1.29, 1.82) is 0 Å². The summed E-state index contributed by atoms with van der Waals surface area (Å²) in [5, 5.41) is 6.53. The third-order valence-corrected chi connectivity index (χ3v) is 3.23. The fraction of sp³-hybridized carbons (Fsp3) is 0.333. The number of benzene rings is 1. The van der Waals surface area contributed by atoms with Crippen LogP contribution in [0.2, 0.25) is 0 Å². The summed E-state index contributed by atoms with van der Waals surface area (Å²) in [6.45, 7) is 4.12. The molecule has 5 nitrogen and oxygen atoms in total. The van der Waals surface area contributed by atoms with E-state index in [4.69, 9.17) is 4.74 Å². The van der Waals surface area contributed by atoms with Crippen molar-refractivity contribution >= 4 is 29.9 Å². The van der Waals surface area contributed by atoms with E-state index in [9.17, 15) is 0 Å². The summed E-state index contributed by atoms with van der Waals surface area (Å²) in [5.74, 6) is 1.67. The van der Waals surface area contributed by atoms with Crippen molar-refractivity contribution in [2.75, 3.05) is 20.2 Å². The molecule has 2 aromatic rings. The topological polar surface area (TPSA) is 58.5 Å². The van der Waals surface area contributed by atoms with Gasteiger partial charge in [0, 0.05) is 19.3 Å². The Bertz CT molecular complexity index is 619. The summed E-state index contributed by atoms with van der Waals surface area (Å²) >= 11 is 0. The van der Waals surface area contributed by atoms with Gasteiger partial charge in [0.15, 0.2) is 5.96 Å². The van der Waals surface area contributed by atoms with Gasteiger partial charge in [0.2, 0.25) is 0 Å². The molecule has 130 valence electrons. The maximum atomic E-state index is 5.65. The lowest BCUT2D eigenvalue weighted by atomic mass is 10.3. The highest BCUT2D eigenvalue weighted by atomic mass is 127. The van der Waals surface area contributed by atoms with Gasteiger partial charge in [-0.3, -0.25) is 9.98 Å². The second-order valence-corrected chi connectivity index (χ2v) is 5.14. The molecule has 0 bridgehead atoms. The van der Waals surface area contributed by atoms with E-state index in [1.165, 1.54) is 0 Å². The van der Waals surface area contributed by atoms with Crippen LogP contribution in [0.5, 0.6) is 5.75 Å². The van der Waals surface area contributed by atoms with Gasteiger partial charge < -0.3 is 15.4 Å². The van der Waals surface area contributed by atoms with E-state index < -0.39 is 0 Å². The summed E-state index contributed by atoms with van der Waals surface area (Å²) in [5.41, 5.74) is 2.02. The molecule has 6 heteroatoms. The number of ether oxygens (including phenoxy) is 1. The van der Waals surface area contributed by atoms with Crippen molar-refractivity contribution in [2.24, 2.45) is 4.99 Å². The van der Waals surface area contributed by atoms with Gasteiger partial charge in [-0.05, 0) is 37.6 Å². The maximum absolute atomic E-state index is 5.65. The number of aryl methyl sites for hydroxylation is 1. The Morgan fingerprint density at radius 3 is 2.58 bits per heavy atom. The van der Waals surface area contributed by atoms with E-state index in [2.05, 4.69) is 20.6 Å². The van der Waals surface area contributed by atoms with Crippen LogP contribution in [0.25, 0.3) is 0 Å². The van der Waals surface area contributed by atoms with E-state index in [-0.39, 0.29) is 24.0 Å². The van der Waals surface area contributed by atoms with Crippen LogP contribution in [0, 0.1) is 6.92 Å². The fourth-order valence-electron chi connectivity index (χ4n) is 2.08. The van der Waals surface area contributed by atoms with E-state index in [1.54, 1.807) is 7.05 Å². The first kappa shape index (κ1) is 20.2. The second-order valence-electron chi connectivity index (χ2n) is 5.14. The lowest BCUT2D eigenvalue weighted by Crippen LogP contribution is -2.37. The Kier molecular flexibility index (Phi) is 9.83. The van der Waals surface area contributed by atoms with Crippen LogP contribution < -0.4 is 15.4 Å². The molecule has 0 saturated heterocycles. The number of aromatic nitrogens is 1. The van der Waals surface area contributed by atoms with Crippen LogP contribution in [0.15, 0.2) is 53.5 Å². The van der Waals surface area contributed by atoms with Gasteiger partial charge in [-0.1, -0.05) is 24.3 Å². The first-order chi connectivity index (χ1) is 11.3. The van der Waals surface area contributed by atoms with Gasteiger partial charge in [-0.2, -0.15) is 0 Å². The number of aliphatic imine (C=N–C) groups is 1. The number of nitrogens with zero attached hydrogens (tertiary/aromatic N) is 2. The average Bonchev–Trinajstić information content (AvgIpc) is 2.58. The Hall–Kier alpha value is -1.83. The van der Waals surface area contributed by atoms with E-state index in [0.29, 0.717) is 13.2 Å². The minimum atomic E-state index is 0. The molecule has 0 fully saturated rings. The summed E-state index contributed by atoms with van der Waals surface area (Å²) in [6, 6.07) is 15.8. The van der Waals surface area contributed by atoms with E-state index >= 15 is 0 Å². The van der Waals surface area contributed by atoms with Gasteiger partial charge in [-0.25, -0.2) is 0 Å². The smallest absolute Gasteiger partial charge is 0.191 e. The van der Waals surface area contributed by atoms with Gasteiger partial charge in [0.25, 0.3) is 0 Å².